The molecular weight excluding hydrogens is 432 g/mol. The molecule has 0 bridgehead atoms. The van der Waals surface area contributed by atoms with Crippen LogP contribution in [0, 0.1) is 11.8 Å². The Morgan fingerprint density at radius 2 is 1.31 bits per heavy atom. The molecule has 1 atom stereocenters. The Balaban J connectivity index is 0.000000323. The van der Waals surface area contributed by atoms with Gasteiger partial charge in [-0.3, -0.25) is 38.6 Å². The second kappa shape index (κ2) is 13.3. The van der Waals surface area contributed by atoms with Crippen molar-refractivity contribution in [2.24, 2.45) is 11.8 Å². The largest absolute Gasteiger partial charge is 0.299 e. The lowest BCUT2D eigenvalue weighted by atomic mass is 10.0. The molecule has 0 aromatic heterocycles. The van der Waals surface area contributed by atoms with Gasteiger partial charge in [-0.15, -0.1) is 0 Å². The van der Waals surface area contributed by atoms with Crippen molar-refractivity contribution in [1.82, 2.24) is 9.80 Å². The minimum absolute atomic E-state index is 0.0214. The number of Topliss-reactive ketones (excluding diaryl/α,β-unsaturated/α-hetero) is 2. The molecule has 2 aliphatic rings. The van der Waals surface area contributed by atoms with E-state index in [4.69, 9.17) is 0 Å². The van der Waals surface area contributed by atoms with Crippen LogP contribution in [-0.4, -0.2) is 69.6 Å². The Bertz CT molecular complexity index is 756. The second-order valence-electron chi connectivity index (χ2n) is 8.42. The summed E-state index contributed by atoms with van der Waals surface area (Å²) < 4.78 is 0. The Labute approximate surface area is 194 Å². The highest BCUT2D eigenvalue weighted by Gasteiger charge is 2.37. The molecule has 2 aliphatic heterocycles. The van der Waals surface area contributed by atoms with Crippen molar-refractivity contribution < 1.29 is 28.8 Å². The maximum absolute atomic E-state index is 11.8. The van der Waals surface area contributed by atoms with Crippen LogP contribution in [0.1, 0.15) is 59.8 Å². The van der Waals surface area contributed by atoms with Crippen molar-refractivity contribution in [3.63, 3.8) is 0 Å². The van der Waals surface area contributed by atoms with Gasteiger partial charge in [-0.1, -0.05) is 27.7 Å². The van der Waals surface area contributed by atoms with E-state index in [0.717, 1.165) is 4.90 Å². The summed E-state index contributed by atoms with van der Waals surface area (Å²) in [6.07, 6.45) is 6.65. The minimum atomic E-state index is -0.281. The van der Waals surface area contributed by atoms with Crippen LogP contribution in [0.15, 0.2) is 12.2 Å². The third-order valence-corrected chi connectivity index (χ3v) is 6.22. The average Bonchev–Trinajstić information content (AvgIpc) is 3.20. The van der Waals surface area contributed by atoms with Gasteiger partial charge in [0.1, 0.15) is 11.6 Å². The first kappa shape index (κ1) is 27.7. The molecule has 0 aromatic carbocycles. The van der Waals surface area contributed by atoms with Gasteiger partial charge in [0.05, 0.1) is 5.25 Å². The van der Waals surface area contributed by atoms with Crippen molar-refractivity contribution in [2.45, 2.75) is 65.0 Å². The number of rotatable bonds is 11. The zero-order valence-corrected chi connectivity index (χ0v) is 20.4. The normalized spacial score (nSPS) is 18.2. The molecule has 1 saturated heterocycles. The molecule has 9 heteroatoms. The number of ketones is 2. The quantitative estimate of drug-likeness (QED) is 0.430. The van der Waals surface area contributed by atoms with E-state index in [1.807, 2.05) is 34.0 Å². The summed E-state index contributed by atoms with van der Waals surface area (Å²) in [6, 6.07) is 0. The smallest absolute Gasteiger partial charge is 0.253 e. The van der Waals surface area contributed by atoms with E-state index in [-0.39, 0.29) is 52.3 Å². The number of likely N-dealkylation sites (tertiary alicyclic amines) is 1. The number of hydrogen-bond donors (Lipinski definition) is 0. The van der Waals surface area contributed by atoms with Gasteiger partial charge >= 0.3 is 0 Å². The van der Waals surface area contributed by atoms with Crippen molar-refractivity contribution in [3.05, 3.63) is 12.2 Å². The second-order valence-corrected chi connectivity index (χ2v) is 9.46. The Hall–Kier alpha value is -2.29. The highest BCUT2D eigenvalue weighted by Crippen LogP contribution is 2.23. The van der Waals surface area contributed by atoms with E-state index < -0.39 is 0 Å². The van der Waals surface area contributed by atoms with Gasteiger partial charge in [0.25, 0.3) is 11.8 Å². The lowest BCUT2D eigenvalue weighted by molar-refractivity contribution is -0.139. The molecule has 1 unspecified atom stereocenters. The fourth-order valence-electron chi connectivity index (χ4n) is 3.12. The van der Waals surface area contributed by atoms with E-state index in [0.29, 0.717) is 45.2 Å². The summed E-state index contributed by atoms with van der Waals surface area (Å²) in [5.41, 5.74) is 0. The SMILES string of the molecule is CC(C)C(=O)CCCN1C(=O)C=CC1=O.CSC1CC(=O)N(CCCC(=O)C(C)C)C1=O. The zero-order valence-electron chi connectivity index (χ0n) is 19.6. The van der Waals surface area contributed by atoms with Crippen molar-refractivity contribution in [2.75, 3.05) is 19.3 Å². The highest BCUT2D eigenvalue weighted by atomic mass is 32.2. The zero-order chi connectivity index (χ0) is 24.4. The predicted octanol–water partition coefficient (Wildman–Crippen LogP) is 2.40. The van der Waals surface area contributed by atoms with Crippen LogP contribution in [0.2, 0.25) is 0 Å². The van der Waals surface area contributed by atoms with Crippen LogP contribution in [0.4, 0.5) is 0 Å². The molecule has 178 valence electrons. The summed E-state index contributed by atoms with van der Waals surface area (Å²) in [5, 5.41) is -0.219. The van der Waals surface area contributed by atoms with Gasteiger partial charge in [0, 0.05) is 56.3 Å². The Morgan fingerprint density at radius 1 is 0.875 bits per heavy atom. The number of carbonyl (C=O) groups is 6. The van der Waals surface area contributed by atoms with Crippen LogP contribution in [0.3, 0.4) is 0 Å². The van der Waals surface area contributed by atoms with Gasteiger partial charge in [-0.2, -0.15) is 11.8 Å². The van der Waals surface area contributed by atoms with E-state index in [1.54, 1.807) is 0 Å². The maximum Gasteiger partial charge on any atom is 0.253 e. The van der Waals surface area contributed by atoms with E-state index in [9.17, 15) is 28.8 Å². The van der Waals surface area contributed by atoms with Crippen molar-refractivity contribution in [3.8, 4) is 0 Å². The summed E-state index contributed by atoms with van der Waals surface area (Å²) >= 11 is 1.41. The maximum atomic E-state index is 11.8. The number of imide groups is 2. The molecule has 8 nitrogen and oxygen atoms in total. The van der Waals surface area contributed by atoms with E-state index in [2.05, 4.69) is 0 Å². The fraction of sp³-hybridized carbons (Fsp3) is 0.652. The van der Waals surface area contributed by atoms with Crippen LogP contribution < -0.4 is 0 Å². The molecule has 0 aliphatic carbocycles. The van der Waals surface area contributed by atoms with Crippen molar-refractivity contribution >= 4 is 47.0 Å². The molecule has 0 N–H and O–H groups in total. The Kier molecular flexibility index (Phi) is 11.5. The van der Waals surface area contributed by atoms with Crippen LogP contribution in [0.5, 0.6) is 0 Å². The first-order chi connectivity index (χ1) is 15.0. The van der Waals surface area contributed by atoms with Crippen LogP contribution in [0.25, 0.3) is 0 Å². The summed E-state index contributed by atoms with van der Waals surface area (Å²) in [7, 11) is 0. The monoisotopic (exact) mass is 466 g/mol. The molecule has 2 heterocycles. The average molecular weight is 467 g/mol. The molecule has 32 heavy (non-hydrogen) atoms. The number of amides is 4. The first-order valence-electron chi connectivity index (χ1n) is 11.0. The number of hydrogen-bond acceptors (Lipinski definition) is 7. The van der Waals surface area contributed by atoms with Crippen LogP contribution >= 0.6 is 11.8 Å². The molecule has 0 saturated carbocycles. The first-order valence-corrected chi connectivity index (χ1v) is 12.2. The standard InChI is InChI=1S/C12H19NO3S.C11H15NO3/c1-8(2)9(14)5-4-6-13-11(15)7-10(17-3)12(13)16;1-8(2)9(13)4-3-7-12-10(14)5-6-11(12)15/h8,10H,4-7H2,1-3H3;5-6,8H,3-4,7H2,1-2H3. The number of nitrogens with zero attached hydrogens (tertiary/aromatic N) is 2. The summed E-state index contributed by atoms with van der Waals surface area (Å²) in [6.45, 7) is 8.12. The minimum Gasteiger partial charge on any atom is -0.299 e. The topological polar surface area (TPSA) is 109 Å². The van der Waals surface area contributed by atoms with E-state index in [1.165, 1.54) is 28.8 Å². The van der Waals surface area contributed by atoms with Gasteiger partial charge in [-0.05, 0) is 19.1 Å². The molecular formula is C23H34N2O6S. The van der Waals surface area contributed by atoms with Gasteiger partial charge in [-0.25, -0.2) is 0 Å². The third kappa shape index (κ3) is 8.33. The third-order valence-electron chi connectivity index (χ3n) is 5.29. The Morgan fingerprint density at radius 3 is 1.69 bits per heavy atom. The van der Waals surface area contributed by atoms with Gasteiger partial charge < -0.3 is 0 Å². The summed E-state index contributed by atoms with van der Waals surface area (Å²) in [4.78, 5) is 70.7. The fourth-order valence-corrected chi connectivity index (χ4v) is 3.76. The van der Waals surface area contributed by atoms with E-state index >= 15 is 0 Å². The summed E-state index contributed by atoms with van der Waals surface area (Å²) in [5.74, 6) is -0.362. The number of thioether (sulfide) groups is 1. The van der Waals surface area contributed by atoms with Crippen molar-refractivity contribution in [1.29, 1.82) is 0 Å². The van der Waals surface area contributed by atoms with Gasteiger partial charge in [0.15, 0.2) is 0 Å². The molecule has 0 radical (unpaired) electrons. The molecule has 0 spiro atoms. The molecule has 2 rings (SSSR count). The molecule has 1 fully saturated rings. The molecule has 0 aromatic rings. The predicted molar refractivity (Wildman–Crippen MR) is 123 cm³/mol. The molecule has 4 amide bonds. The lowest BCUT2D eigenvalue weighted by Crippen LogP contribution is -2.32. The van der Waals surface area contributed by atoms with Crippen LogP contribution in [-0.2, 0) is 28.8 Å². The highest BCUT2D eigenvalue weighted by molar-refractivity contribution is 8.00. The van der Waals surface area contributed by atoms with Gasteiger partial charge in [0.2, 0.25) is 11.8 Å². The lowest BCUT2D eigenvalue weighted by Gasteiger charge is -2.14. The number of carbonyl (C=O) groups excluding carboxylic acids is 6.